The van der Waals surface area contributed by atoms with Crippen molar-refractivity contribution < 1.29 is 0 Å². The van der Waals surface area contributed by atoms with Crippen LogP contribution in [-0.4, -0.2) is 39.3 Å². The number of aromatic nitrogens is 3. The molecule has 128 valence electrons. The molecule has 24 heavy (non-hydrogen) atoms. The average molecular weight is 366 g/mol. The van der Waals surface area contributed by atoms with E-state index in [1.54, 1.807) is 0 Å². The maximum absolute atomic E-state index is 6.29. The summed E-state index contributed by atoms with van der Waals surface area (Å²) >= 11 is 12.4. The third-order valence-corrected chi connectivity index (χ3v) is 5.61. The van der Waals surface area contributed by atoms with Gasteiger partial charge in [0.2, 0.25) is 0 Å². The van der Waals surface area contributed by atoms with Crippen LogP contribution in [-0.2, 0) is 19.6 Å². The van der Waals surface area contributed by atoms with Gasteiger partial charge in [0.05, 0.1) is 6.54 Å². The van der Waals surface area contributed by atoms with Crippen LogP contribution in [0.1, 0.15) is 36.0 Å². The minimum absolute atomic E-state index is 0.510. The van der Waals surface area contributed by atoms with E-state index in [9.17, 15) is 0 Å². The van der Waals surface area contributed by atoms with Crippen LogP contribution in [0, 0.1) is 0 Å². The molecule has 1 aromatic heterocycles. The molecule has 1 saturated heterocycles. The largest absolute Gasteiger partial charge is 0.312 e. The first-order chi connectivity index (χ1) is 11.7. The average Bonchev–Trinajstić information content (AvgIpc) is 3.03. The highest BCUT2D eigenvalue weighted by atomic mass is 35.5. The summed E-state index contributed by atoms with van der Waals surface area (Å²) < 4.78 is 2.31. The van der Waals surface area contributed by atoms with Gasteiger partial charge >= 0.3 is 0 Å². The highest BCUT2D eigenvalue weighted by molar-refractivity contribution is 6.33. The molecule has 0 amide bonds. The summed E-state index contributed by atoms with van der Waals surface area (Å²) in [5.41, 5.74) is 1.11. The fourth-order valence-corrected chi connectivity index (χ4v) is 4.04. The molecule has 0 radical (unpaired) electrons. The normalized spacial score (nSPS) is 19.4. The van der Waals surface area contributed by atoms with Crippen molar-refractivity contribution >= 4 is 23.2 Å². The first-order valence-corrected chi connectivity index (χ1v) is 9.25. The van der Waals surface area contributed by atoms with Gasteiger partial charge in [-0.3, -0.25) is 4.90 Å². The quantitative estimate of drug-likeness (QED) is 0.907. The van der Waals surface area contributed by atoms with E-state index in [1.165, 1.54) is 5.82 Å². The van der Waals surface area contributed by atoms with Gasteiger partial charge in [0.15, 0.2) is 0 Å². The summed E-state index contributed by atoms with van der Waals surface area (Å²) in [6.07, 6.45) is 2.23. The molecule has 0 unspecified atom stereocenters. The van der Waals surface area contributed by atoms with E-state index in [2.05, 4.69) is 25.0 Å². The molecule has 7 heteroatoms. The smallest absolute Gasteiger partial charge is 0.147 e. The second-order valence-electron chi connectivity index (χ2n) is 6.59. The lowest BCUT2D eigenvalue weighted by atomic mass is 9.95. The first-order valence-electron chi connectivity index (χ1n) is 8.49. The molecule has 2 aliphatic heterocycles. The third kappa shape index (κ3) is 3.31. The number of benzene rings is 1. The number of hydrogen-bond acceptors (Lipinski definition) is 4. The van der Waals surface area contributed by atoms with Gasteiger partial charge in [-0.1, -0.05) is 23.2 Å². The van der Waals surface area contributed by atoms with Gasteiger partial charge in [0, 0.05) is 35.6 Å². The minimum Gasteiger partial charge on any atom is -0.312 e. The van der Waals surface area contributed by atoms with Gasteiger partial charge in [-0.25, -0.2) is 0 Å². The molecule has 1 aromatic carbocycles. The Bertz CT molecular complexity index is 722. The van der Waals surface area contributed by atoms with Gasteiger partial charge in [-0.15, -0.1) is 10.2 Å². The van der Waals surface area contributed by atoms with E-state index in [0.29, 0.717) is 5.92 Å². The zero-order valence-corrected chi connectivity index (χ0v) is 15.0. The first kappa shape index (κ1) is 16.3. The Labute approximate surface area is 152 Å². The van der Waals surface area contributed by atoms with E-state index < -0.39 is 0 Å². The molecule has 0 bridgehead atoms. The van der Waals surface area contributed by atoms with E-state index in [0.717, 1.165) is 73.5 Å². The lowest BCUT2D eigenvalue weighted by Crippen LogP contribution is -2.34. The Morgan fingerprint density at radius 3 is 2.79 bits per heavy atom. The van der Waals surface area contributed by atoms with Crippen LogP contribution in [0.3, 0.4) is 0 Å². The molecule has 0 saturated carbocycles. The van der Waals surface area contributed by atoms with Crippen molar-refractivity contribution in [3.05, 3.63) is 45.5 Å². The Morgan fingerprint density at radius 1 is 1.12 bits per heavy atom. The van der Waals surface area contributed by atoms with Crippen LogP contribution in [0.2, 0.25) is 10.0 Å². The van der Waals surface area contributed by atoms with Gasteiger partial charge in [-0.05, 0) is 49.7 Å². The maximum atomic E-state index is 6.29. The molecule has 1 N–H and O–H groups in total. The molecule has 3 heterocycles. The topological polar surface area (TPSA) is 46.0 Å². The molecule has 4 rings (SSSR count). The number of nitrogens with one attached hydrogen (secondary N) is 1. The molecule has 2 aromatic rings. The van der Waals surface area contributed by atoms with E-state index >= 15 is 0 Å². The summed E-state index contributed by atoms with van der Waals surface area (Å²) in [5.74, 6) is 2.76. The highest BCUT2D eigenvalue weighted by Gasteiger charge is 2.27. The van der Waals surface area contributed by atoms with E-state index in [4.69, 9.17) is 23.2 Å². The van der Waals surface area contributed by atoms with Crippen LogP contribution in [0.15, 0.2) is 18.2 Å². The van der Waals surface area contributed by atoms with Crippen molar-refractivity contribution in [3.63, 3.8) is 0 Å². The molecular weight excluding hydrogens is 345 g/mol. The molecule has 0 aliphatic carbocycles. The number of halogens is 2. The van der Waals surface area contributed by atoms with Crippen LogP contribution in [0.25, 0.3) is 0 Å². The lowest BCUT2D eigenvalue weighted by Gasteiger charge is -2.32. The number of likely N-dealkylation sites (tertiary alicyclic amines) is 1. The number of fused-ring (bicyclic) bond motifs is 1. The summed E-state index contributed by atoms with van der Waals surface area (Å²) in [6, 6.07) is 5.68. The Morgan fingerprint density at radius 2 is 1.96 bits per heavy atom. The van der Waals surface area contributed by atoms with Crippen molar-refractivity contribution in [2.45, 2.75) is 38.4 Å². The molecule has 0 atom stereocenters. The lowest BCUT2D eigenvalue weighted by molar-refractivity contribution is 0.199. The number of nitrogens with zero attached hydrogens (tertiary/aromatic N) is 4. The number of hydrogen-bond donors (Lipinski definition) is 1. The van der Waals surface area contributed by atoms with Gasteiger partial charge in [0.25, 0.3) is 0 Å². The Hall–Kier alpha value is -1.14. The molecule has 2 aliphatic rings. The predicted molar refractivity (Wildman–Crippen MR) is 95.4 cm³/mol. The summed E-state index contributed by atoms with van der Waals surface area (Å²) in [7, 11) is 0. The monoisotopic (exact) mass is 365 g/mol. The summed E-state index contributed by atoms with van der Waals surface area (Å²) in [4.78, 5) is 2.45. The standard InChI is InChI=1S/C17H21Cl2N5/c18-14-1-2-15(19)13(9-14)11-23-6-3-12(4-7-23)17-22-21-16-10-20-5-8-24(16)17/h1-2,9,12,20H,3-8,10-11H2. The number of piperidine rings is 1. The summed E-state index contributed by atoms with van der Waals surface area (Å²) in [6.45, 7) is 5.77. The van der Waals surface area contributed by atoms with Crippen LogP contribution < -0.4 is 5.32 Å². The third-order valence-electron chi connectivity index (χ3n) is 5.01. The summed E-state index contributed by atoms with van der Waals surface area (Å²) in [5, 5.41) is 13.7. The SMILES string of the molecule is Clc1ccc(Cl)c(CN2CCC(c3nnc4n3CCNC4)CC2)c1. The highest BCUT2D eigenvalue weighted by Crippen LogP contribution is 2.30. The zero-order chi connectivity index (χ0) is 16.5. The van der Waals surface area contributed by atoms with Crippen molar-refractivity contribution in [2.75, 3.05) is 19.6 Å². The number of rotatable bonds is 3. The Balaban J connectivity index is 1.40. The van der Waals surface area contributed by atoms with Crippen molar-refractivity contribution in [1.82, 2.24) is 25.0 Å². The van der Waals surface area contributed by atoms with Gasteiger partial charge < -0.3 is 9.88 Å². The second-order valence-corrected chi connectivity index (χ2v) is 7.43. The van der Waals surface area contributed by atoms with Crippen LogP contribution >= 0.6 is 23.2 Å². The molecular formula is C17H21Cl2N5. The fraction of sp³-hybridized carbons (Fsp3) is 0.529. The van der Waals surface area contributed by atoms with Crippen molar-refractivity contribution in [2.24, 2.45) is 0 Å². The molecule has 1 fully saturated rings. The van der Waals surface area contributed by atoms with E-state index in [-0.39, 0.29) is 0 Å². The zero-order valence-electron chi connectivity index (χ0n) is 13.5. The van der Waals surface area contributed by atoms with Crippen molar-refractivity contribution in [3.8, 4) is 0 Å². The van der Waals surface area contributed by atoms with Gasteiger partial charge in [-0.2, -0.15) is 0 Å². The fourth-order valence-electron chi connectivity index (χ4n) is 3.67. The van der Waals surface area contributed by atoms with Gasteiger partial charge in [0.1, 0.15) is 11.6 Å². The maximum Gasteiger partial charge on any atom is 0.147 e. The predicted octanol–water partition coefficient (Wildman–Crippen LogP) is 3.07. The minimum atomic E-state index is 0.510. The second kappa shape index (κ2) is 7.00. The van der Waals surface area contributed by atoms with E-state index in [1.807, 2.05) is 18.2 Å². The van der Waals surface area contributed by atoms with Crippen molar-refractivity contribution in [1.29, 1.82) is 0 Å². The van der Waals surface area contributed by atoms with Crippen LogP contribution in [0.4, 0.5) is 0 Å². The van der Waals surface area contributed by atoms with Crippen LogP contribution in [0.5, 0.6) is 0 Å². The Kier molecular flexibility index (Phi) is 4.77. The molecule has 5 nitrogen and oxygen atoms in total. The molecule has 0 spiro atoms.